The molecule has 1 aliphatic heterocycles. The first-order valence-electron chi connectivity index (χ1n) is 9.20. The van der Waals surface area contributed by atoms with Crippen molar-refractivity contribution in [2.24, 2.45) is 21.5 Å². The van der Waals surface area contributed by atoms with Gasteiger partial charge in [0.2, 0.25) is 0 Å². The lowest BCUT2D eigenvalue weighted by Crippen LogP contribution is -2.38. The van der Waals surface area contributed by atoms with Crippen LogP contribution in [-0.4, -0.2) is 46.4 Å². The van der Waals surface area contributed by atoms with Crippen LogP contribution >= 0.6 is 11.8 Å². The number of urea groups is 1. The molecular formula is C18H26N6O3S2. The second-order valence-electron chi connectivity index (χ2n) is 7.61. The topological polar surface area (TPSA) is 135 Å². The molecule has 1 aromatic carbocycles. The standard InChI is InChI=1S/C18H26N6O3S2/c1-6-11-7-8-12-9-24(5)22-14(12)13(11)21-16(25)23-29(19,27)17-20-10(2)15(28-17)18(3,4)26/h7-10,15,26H,6H2,1-5H3,(H3,19,21,23,25,27). The number of anilines is 1. The summed E-state index contributed by atoms with van der Waals surface area (Å²) in [5, 5.41) is 23.8. The van der Waals surface area contributed by atoms with E-state index in [-0.39, 0.29) is 15.7 Å². The average molecular weight is 439 g/mol. The molecule has 2 heterocycles. The fourth-order valence-electron chi connectivity index (χ4n) is 3.33. The molecule has 0 saturated carbocycles. The van der Waals surface area contributed by atoms with Crippen LogP contribution in [0.15, 0.2) is 27.7 Å². The Kier molecular flexibility index (Phi) is 5.78. The lowest BCUT2D eigenvalue weighted by Gasteiger charge is -2.26. The molecule has 2 aromatic rings. The molecule has 158 valence electrons. The highest BCUT2D eigenvalue weighted by atomic mass is 32.3. The van der Waals surface area contributed by atoms with Crippen LogP contribution < -0.4 is 10.5 Å². The third-order valence-electron chi connectivity index (χ3n) is 4.63. The maximum absolute atomic E-state index is 12.9. The summed E-state index contributed by atoms with van der Waals surface area (Å²) in [4.78, 5) is 16.9. The number of fused-ring (bicyclic) bond motifs is 1. The van der Waals surface area contributed by atoms with Gasteiger partial charge in [0.25, 0.3) is 0 Å². The number of aliphatic hydroxyl groups is 1. The van der Waals surface area contributed by atoms with Crippen LogP contribution in [0, 0.1) is 0 Å². The van der Waals surface area contributed by atoms with E-state index < -0.39 is 21.5 Å². The van der Waals surface area contributed by atoms with Gasteiger partial charge in [-0.2, -0.15) is 5.10 Å². The number of hydrogen-bond acceptors (Lipinski definition) is 6. The summed E-state index contributed by atoms with van der Waals surface area (Å²) < 4.78 is 18.4. The summed E-state index contributed by atoms with van der Waals surface area (Å²) in [6.07, 6.45) is 2.52. The van der Waals surface area contributed by atoms with Crippen molar-refractivity contribution in [3.05, 3.63) is 23.9 Å². The zero-order chi connectivity index (χ0) is 21.6. The predicted molar refractivity (Wildman–Crippen MR) is 118 cm³/mol. The van der Waals surface area contributed by atoms with Crippen molar-refractivity contribution in [2.45, 2.75) is 51.0 Å². The smallest absolute Gasteiger partial charge is 0.355 e. The number of thioether (sulfide) groups is 1. The molecule has 2 amide bonds. The number of amides is 2. The second kappa shape index (κ2) is 7.71. The Balaban J connectivity index is 1.90. The molecule has 0 aliphatic carbocycles. The number of nitrogens with two attached hydrogens (primary N) is 1. The van der Waals surface area contributed by atoms with E-state index in [0.717, 1.165) is 22.7 Å². The monoisotopic (exact) mass is 438 g/mol. The molecule has 1 aliphatic rings. The number of benzene rings is 1. The van der Waals surface area contributed by atoms with Crippen molar-refractivity contribution in [3.63, 3.8) is 0 Å². The summed E-state index contributed by atoms with van der Waals surface area (Å²) in [5.74, 6) is 0. The van der Waals surface area contributed by atoms with Gasteiger partial charge in [-0.1, -0.05) is 30.8 Å². The van der Waals surface area contributed by atoms with E-state index in [1.54, 1.807) is 32.5 Å². The summed E-state index contributed by atoms with van der Waals surface area (Å²) in [6.45, 7) is 7.07. The van der Waals surface area contributed by atoms with Gasteiger partial charge in [-0.05, 0) is 32.8 Å². The summed E-state index contributed by atoms with van der Waals surface area (Å²) in [7, 11) is -1.74. The van der Waals surface area contributed by atoms with Crippen LogP contribution in [-0.2, 0) is 23.4 Å². The van der Waals surface area contributed by atoms with Crippen LogP contribution in [0.2, 0.25) is 0 Å². The van der Waals surface area contributed by atoms with E-state index in [2.05, 4.69) is 19.8 Å². The number of carbonyl (C=O) groups is 1. The SMILES string of the molecule is CCc1ccc2cn(C)nc2c1NC(=O)N=S(N)(=O)C1=NC(C)C(C(C)(C)O)S1. The minimum atomic E-state index is -3.53. The third-order valence-corrected chi connectivity index (χ3v) is 8.21. The zero-order valence-electron chi connectivity index (χ0n) is 17.0. The average Bonchev–Trinajstić information content (AvgIpc) is 3.17. The molecule has 0 spiro atoms. The van der Waals surface area contributed by atoms with Gasteiger partial charge >= 0.3 is 6.03 Å². The minimum absolute atomic E-state index is 0.0686. The van der Waals surface area contributed by atoms with Crippen LogP contribution in [0.1, 0.15) is 33.3 Å². The molecule has 3 atom stereocenters. The lowest BCUT2D eigenvalue weighted by atomic mass is 10.00. The highest BCUT2D eigenvalue weighted by molar-refractivity contribution is 8.36. The van der Waals surface area contributed by atoms with Crippen LogP contribution in [0.5, 0.6) is 0 Å². The molecule has 29 heavy (non-hydrogen) atoms. The van der Waals surface area contributed by atoms with Crippen LogP contribution in [0.25, 0.3) is 10.9 Å². The maximum Gasteiger partial charge on any atom is 0.355 e. The quantitative estimate of drug-likeness (QED) is 0.677. The van der Waals surface area contributed by atoms with Crippen LogP contribution in [0.3, 0.4) is 0 Å². The Morgan fingerprint density at radius 3 is 2.76 bits per heavy atom. The zero-order valence-corrected chi connectivity index (χ0v) is 18.7. The molecule has 1 aromatic heterocycles. The summed E-state index contributed by atoms with van der Waals surface area (Å²) in [6, 6.07) is 2.72. The maximum atomic E-state index is 12.9. The first kappa shape index (κ1) is 21.8. The molecule has 11 heteroatoms. The van der Waals surface area contributed by atoms with Gasteiger partial charge in [0.05, 0.1) is 22.6 Å². The number of carbonyl (C=O) groups excluding carboxylic acids is 1. The number of rotatable bonds is 3. The van der Waals surface area contributed by atoms with Crippen molar-refractivity contribution in [3.8, 4) is 0 Å². The fourth-order valence-corrected chi connectivity index (χ4v) is 5.98. The van der Waals surface area contributed by atoms with Crippen molar-refractivity contribution >= 4 is 48.7 Å². The third kappa shape index (κ3) is 4.47. The fraction of sp³-hybridized carbons (Fsp3) is 0.500. The number of aryl methyl sites for hydroxylation is 2. The van der Waals surface area contributed by atoms with Crippen molar-refractivity contribution in [1.82, 2.24) is 9.78 Å². The summed E-state index contributed by atoms with van der Waals surface area (Å²) in [5.41, 5.74) is 0.990. The Hall–Kier alpha value is -1.95. The highest BCUT2D eigenvalue weighted by Crippen LogP contribution is 2.36. The molecule has 3 unspecified atom stereocenters. The minimum Gasteiger partial charge on any atom is -0.389 e. The van der Waals surface area contributed by atoms with Gasteiger partial charge in [-0.3, -0.25) is 9.67 Å². The van der Waals surface area contributed by atoms with E-state index in [4.69, 9.17) is 5.14 Å². The number of aliphatic imine (C=N–C) groups is 1. The number of aromatic nitrogens is 2. The van der Waals surface area contributed by atoms with E-state index in [1.807, 2.05) is 25.3 Å². The first-order valence-corrected chi connectivity index (χ1v) is 11.7. The van der Waals surface area contributed by atoms with Gasteiger partial charge in [-0.15, -0.1) is 4.36 Å². The molecule has 4 N–H and O–H groups in total. The molecule has 9 nitrogen and oxygen atoms in total. The molecule has 0 saturated heterocycles. The predicted octanol–water partition coefficient (Wildman–Crippen LogP) is 2.64. The molecule has 3 rings (SSSR count). The Morgan fingerprint density at radius 2 is 2.17 bits per heavy atom. The Bertz CT molecular complexity index is 1110. The van der Waals surface area contributed by atoms with E-state index in [0.29, 0.717) is 17.6 Å². The largest absolute Gasteiger partial charge is 0.389 e. The normalized spacial score (nSPS) is 21.7. The van der Waals surface area contributed by atoms with Crippen molar-refractivity contribution < 1.29 is 14.1 Å². The van der Waals surface area contributed by atoms with Crippen LogP contribution in [0.4, 0.5) is 10.5 Å². The van der Waals surface area contributed by atoms with E-state index in [9.17, 15) is 14.1 Å². The van der Waals surface area contributed by atoms with Gasteiger partial charge in [0.1, 0.15) is 5.52 Å². The van der Waals surface area contributed by atoms with Gasteiger partial charge in [-0.25, -0.2) is 14.1 Å². The second-order valence-corrected chi connectivity index (χ2v) is 10.7. The van der Waals surface area contributed by atoms with E-state index in [1.165, 1.54) is 0 Å². The van der Waals surface area contributed by atoms with Gasteiger partial charge < -0.3 is 10.4 Å². The number of nitrogens with zero attached hydrogens (tertiary/aromatic N) is 4. The lowest BCUT2D eigenvalue weighted by molar-refractivity contribution is 0.0735. The summed E-state index contributed by atoms with van der Waals surface area (Å²) >= 11 is 1.10. The number of hydrogen-bond donors (Lipinski definition) is 3. The van der Waals surface area contributed by atoms with Gasteiger partial charge in [0.15, 0.2) is 14.3 Å². The van der Waals surface area contributed by atoms with Gasteiger partial charge in [0, 0.05) is 18.6 Å². The van der Waals surface area contributed by atoms with Crippen molar-refractivity contribution in [2.75, 3.05) is 5.32 Å². The van der Waals surface area contributed by atoms with Crippen molar-refractivity contribution in [1.29, 1.82) is 0 Å². The Morgan fingerprint density at radius 1 is 1.48 bits per heavy atom. The Labute approximate surface area is 174 Å². The number of nitrogens with one attached hydrogen (secondary N) is 1. The molecule has 0 radical (unpaired) electrons. The van der Waals surface area contributed by atoms with E-state index >= 15 is 0 Å². The molecule has 0 fully saturated rings. The highest BCUT2D eigenvalue weighted by Gasteiger charge is 2.40. The molecular weight excluding hydrogens is 412 g/mol. The molecule has 0 bridgehead atoms. The first-order chi connectivity index (χ1) is 13.4.